The maximum atomic E-state index is 10.0. The van der Waals surface area contributed by atoms with E-state index in [-0.39, 0.29) is 0 Å². The summed E-state index contributed by atoms with van der Waals surface area (Å²) in [4.78, 5) is 0.596. The van der Waals surface area contributed by atoms with Crippen molar-refractivity contribution in [3.63, 3.8) is 0 Å². The van der Waals surface area contributed by atoms with Crippen LogP contribution in [0, 0.1) is 0 Å². The lowest BCUT2D eigenvalue weighted by atomic mass is 10.8. The average molecular weight is 122 g/mol. The molecule has 0 heterocycles. The first kappa shape index (κ1) is 6.40. The molecule has 36 valence electrons. The SMILES string of the molecule is C=C(C)[S+]([O-])S. The molecule has 0 saturated heterocycles. The Bertz CT molecular complexity index is 59.8. The lowest BCUT2D eigenvalue weighted by molar-refractivity contribution is 0.615. The number of allylic oxidation sites excluding steroid dienone is 1. The summed E-state index contributed by atoms with van der Waals surface area (Å²) < 4.78 is 10.0. The maximum absolute atomic E-state index is 10.0. The molecule has 0 saturated carbocycles. The summed E-state index contributed by atoms with van der Waals surface area (Å²) in [6, 6.07) is 0. The normalized spacial score (nSPS) is 13.8. The number of thiol groups is 1. The lowest BCUT2D eigenvalue weighted by Crippen LogP contribution is -1.85. The Labute approximate surface area is 45.4 Å². The molecule has 0 radical (unpaired) electrons. The average Bonchev–Trinajstić information content (AvgIpc) is 1.36. The second-order valence-corrected chi connectivity index (χ2v) is 3.14. The van der Waals surface area contributed by atoms with Crippen LogP contribution in [0.3, 0.4) is 0 Å². The molecule has 0 fully saturated rings. The van der Waals surface area contributed by atoms with Gasteiger partial charge in [-0.05, 0) is 6.58 Å². The van der Waals surface area contributed by atoms with Crippen molar-refractivity contribution in [3.8, 4) is 0 Å². The molecule has 0 bridgehead atoms. The topological polar surface area (TPSA) is 23.1 Å². The van der Waals surface area contributed by atoms with E-state index < -0.39 is 10.2 Å². The van der Waals surface area contributed by atoms with Crippen molar-refractivity contribution in [3.05, 3.63) is 11.5 Å². The Morgan fingerprint density at radius 1 is 2.00 bits per heavy atom. The Balaban J connectivity index is 3.26. The van der Waals surface area contributed by atoms with Gasteiger partial charge in [-0.2, -0.15) is 0 Å². The second kappa shape index (κ2) is 2.55. The molecule has 0 amide bonds. The van der Waals surface area contributed by atoms with Crippen molar-refractivity contribution in [2.75, 3.05) is 0 Å². The molecule has 0 rings (SSSR count). The maximum Gasteiger partial charge on any atom is 0.132 e. The van der Waals surface area contributed by atoms with Gasteiger partial charge in [0.25, 0.3) is 0 Å². The molecule has 0 aliphatic carbocycles. The van der Waals surface area contributed by atoms with Gasteiger partial charge in [-0.25, -0.2) is 0 Å². The van der Waals surface area contributed by atoms with Gasteiger partial charge in [0.1, 0.15) is 4.91 Å². The van der Waals surface area contributed by atoms with E-state index in [9.17, 15) is 4.55 Å². The Kier molecular flexibility index (Phi) is 2.72. The minimum atomic E-state index is -1.12. The van der Waals surface area contributed by atoms with Gasteiger partial charge >= 0.3 is 0 Å². The van der Waals surface area contributed by atoms with E-state index >= 15 is 0 Å². The van der Waals surface area contributed by atoms with Crippen molar-refractivity contribution in [2.45, 2.75) is 6.92 Å². The zero-order valence-corrected chi connectivity index (χ0v) is 5.18. The number of rotatable bonds is 1. The van der Waals surface area contributed by atoms with Crippen LogP contribution in [0.1, 0.15) is 6.92 Å². The summed E-state index contributed by atoms with van der Waals surface area (Å²) in [5, 5.41) is 0. The summed E-state index contributed by atoms with van der Waals surface area (Å²) in [7, 11) is -1.12. The summed E-state index contributed by atoms with van der Waals surface area (Å²) in [6.07, 6.45) is 0. The van der Waals surface area contributed by atoms with Gasteiger partial charge in [-0.1, -0.05) is 0 Å². The van der Waals surface area contributed by atoms with Crippen molar-refractivity contribution in [1.29, 1.82) is 0 Å². The van der Waals surface area contributed by atoms with E-state index in [0.717, 1.165) is 0 Å². The quantitative estimate of drug-likeness (QED) is 0.314. The monoisotopic (exact) mass is 122 g/mol. The number of hydrogen-bond donors (Lipinski definition) is 1. The van der Waals surface area contributed by atoms with E-state index in [0.29, 0.717) is 4.91 Å². The molecule has 0 aromatic rings. The molecule has 0 aliphatic heterocycles. The van der Waals surface area contributed by atoms with Crippen LogP contribution in [0.25, 0.3) is 0 Å². The van der Waals surface area contributed by atoms with Crippen LogP contribution < -0.4 is 0 Å². The van der Waals surface area contributed by atoms with E-state index in [2.05, 4.69) is 18.2 Å². The molecule has 1 unspecified atom stereocenters. The fraction of sp³-hybridized carbons (Fsp3) is 0.333. The molecule has 0 aliphatic rings. The van der Waals surface area contributed by atoms with Gasteiger partial charge in [0, 0.05) is 17.1 Å². The van der Waals surface area contributed by atoms with Gasteiger partial charge in [0.15, 0.2) is 0 Å². The minimum Gasteiger partial charge on any atom is -0.601 e. The molecular weight excluding hydrogens is 116 g/mol. The highest BCUT2D eigenvalue weighted by atomic mass is 33.1. The third kappa shape index (κ3) is 2.63. The van der Waals surface area contributed by atoms with Crippen molar-refractivity contribution in [2.24, 2.45) is 0 Å². The lowest BCUT2D eigenvalue weighted by Gasteiger charge is -1.95. The molecule has 6 heavy (non-hydrogen) atoms. The van der Waals surface area contributed by atoms with Crippen molar-refractivity contribution in [1.82, 2.24) is 0 Å². The van der Waals surface area contributed by atoms with Gasteiger partial charge in [-0.15, -0.1) is 0 Å². The highest BCUT2D eigenvalue weighted by Crippen LogP contribution is 2.05. The molecule has 1 atom stereocenters. The van der Waals surface area contributed by atoms with Crippen LogP contribution >= 0.6 is 11.7 Å². The third-order valence-corrected chi connectivity index (χ3v) is 1.83. The Morgan fingerprint density at radius 3 is 2.17 bits per heavy atom. The highest BCUT2D eigenvalue weighted by molar-refractivity contribution is 8.65. The zero-order valence-electron chi connectivity index (χ0n) is 3.47. The molecule has 0 aromatic carbocycles. The molecular formula is C3H6OS2. The number of hydrogen-bond acceptors (Lipinski definition) is 2. The van der Waals surface area contributed by atoms with Crippen molar-refractivity contribution < 1.29 is 4.55 Å². The smallest absolute Gasteiger partial charge is 0.132 e. The van der Waals surface area contributed by atoms with E-state index in [1.54, 1.807) is 6.92 Å². The Hall–Kier alpha value is 0.400. The molecule has 3 heteroatoms. The molecule has 1 nitrogen and oxygen atoms in total. The van der Waals surface area contributed by atoms with Gasteiger partial charge < -0.3 is 4.55 Å². The second-order valence-electron chi connectivity index (χ2n) is 0.951. The van der Waals surface area contributed by atoms with E-state index in [1.165, 1.54) is 0 Å². The van der Waals surface area contributed by atoms with Gasteiger partial charge in [-0.3, -0.25) is 0 Å². The minimum absolute atomic E-state index is 0.596. The molecule has 0 N–H and O–H groups in total. The first-order valence-corrected chi connectivity index (χ1v) is 3.61. The summed E-state index contributed by atoms with van der Waals surface area (Å²) in [5.74, 6) is 0. The van der Waals surface area contributed by atoms with Gasteiger partial charge in [0.2, 0.25) is 0 Å². The van der Waals surface area contributed by atoms with Crippen molar-refractivity contribution >= 4 is 21.9 Å². The first-order valence-electron chi connectivity index (χ1n) is 1.41. The summed E-state index contributed by atoms with van der Waals surface area (Å²) in [6.45, 7) is 5.05. The van der Waals surface area contributed by atoms with Crippen LogP contribution in [0.15, 0.2) is 11.5 Å². The predicted octanol–water partition coefficient (Wildman–Crippen LogP) is 1.11. The Morgan fingerprint density at radius 2 is 2.17 bits per heavy atom. The fourth-order valence-electron chi connectivity index (χ4n) is 0. The highest BCUT2D eigenvalue weighted by Gasteiger charge is 1.94. The molecule has 0 spiro atoms. The van der Waals surface area contributed by atoms with Crippen LogP contribution in [0.5, 0.6) is 0 Å². The predicted molar refractivity (Wildman–Crippen MR) is 31.9 cm³/mol. The summed E-state index contributed by atoms with van der Waals surface area (Å²) >= 11 is 3.57. The fourth-order valence-corrected chi connectivity index (χ4v) is 0. The largest absolute Gasteiger partial charge is 0.601 e. The third-order valence-electron chi connectivity index (χ3n) is 0.298. The van der Waals surface area contributed by atoms with Crippen LogP contribution in [-0.2, 0) is 10.2 Å². The van der Waals surface area contributed by atoms with Gasteiger partial charge in [0.05, 0.1) is 11.7 Å². The van der Waals surface area contributed by atoms with Crippen LogP contribution in [0.2, 0.25) is 0 Å². The zero-order chi connectivity index (χ0) is 5.15. The molecule has 0 aromatic heterocycles. The summed E-state index contributed by atoms with van der Waals surface area (Å²) in [5.41, 5.74) is 0. The van der Waals surface area contributed by atoms with E-state index in [1.807, 2.05) is 0 Å². The van der Waals surface area contributed by atoms with E-state index in [4.69, 9.17) is 0 Å². The first-order chi connectivity index (χ1) is 2.64. The van der Waals surface area contributed by atoms with Crippen LogP contribution in [0.4, 0.5) is 0 Å². The van der Waals surface area contributed by atoms with Crippen LogP contribution in [-0.4, -0.2) is 4.55 Å². The standard InChI is InChI=1S/C3H6OS2/c1-3(2)6(4)5/h1H2,2H3,(H,4,5).